The van der Waals surface area contributed by atoms with Crippen LogP contribution in [0.1, 0.15) is 11.1 Å². The van der Waals surface area contributed by atoms with Crippen molar-refractivity contribution < 1.29 is 55.0 Å². The molecule has 1 radical (unpaired) electrons. The van der Waals surface area contributed by atoms with Crippen molar-refractivity contribution in [3.8, 4) is 5.75 Å². The summed E-state index contributed by atoms with van der Waals surface area (Å²) < 4.78 is 52.0. The minimum Gasteiger partial charge on any atom is -0.429 e. The molecule has 0 atom stereocenters. The molecule has 0 aromatic heterocycles. The number of alkyl halides is 3. The monoisotopic (exact) mass is 296 g/mol. The predicted molar refractivity (Wildman–Crippen MR) is 41.4 cm³/mol. The smallest absolute Gasteiger partial charge is 0.429 e. The molecule has 1 aromatic rings. The van der Waals surface area contributed by atoms with Gasteiger partial charge in [0, 0.05) is 32.7 Å². The van der Waals surface area contributed by atoms with Crippen LogP contribution in [-0.4, -0.2) is 6.36 Å². The summed E-state index contributed by atoms with van der Waals surface area (Å²) in [7, 11) is 0. The first-order valence-electron chi connectivity index (χ1n) is 3.74. The van der Waals surface area contributed by atoms with Gasteiger partial charge >= 0.3 is 6.36 Å². The van der Waals surface area contributed by atoms with Crippen LogP contribution in [0.5, 0.6) is 5.75 Å². The zero-order chi connectivity index (χ0) is 10.9. The maximum absolute atomic E-state index is 12.9. The summed E-state index contributed by atoms with van der Waals surface area (Å²) >= 11 is 0. The third kappa shape index (κ3) is 4.07. The molecule has 0 fully saturated rings. The Hall–Kier alpha value is -0.156. The fourth-order valence-corrected chi connectivity index (χ4v) is 0.936. The molecule has 0 spiro atoms. The Kier molecular flexibility index (Phi) is 5.20. The van der Waals surface area contributed by atoms with E-state index in [4.69, 9.17) is 0 Å². The number of hydrogen-bond acceptors (Lipinski definition) is 1. The van der Waals surface area contributed by atoms with Crippen molar-refractivity contribution in [1.82, 2.24) is 0 Å². The van der Waals surface area contributed by atoms with Crippen LogP contribution in [0.15, 0.2) is 6.07 Å². The second-order valence-corrected chi connectivity index (χ2v) is 2.76. The number of hydrogen-bond donors (Lipinski definition) is 0. The van der Waals surface area contributed by atoms with Crippen molar-refractivity contribution >= 4 is 0 Å². The number of aryl methyl sites for hydroxylation is 1. The SMILES string of the molecule is Cc1[c-]cc(F)c(OC(F)(F)F)c1C.[Y]. The van der Waals surface area contributed by atoms with Gasteiger partial charge in [0.05, 0.1) is 11.6 Å². The van der Waals surface area contributed by atoms with Crippen LogP contribution in [0.3, 0.4) is 0 Å². The van der Waals surface area contributed by atoms with Crippen molar-refractivity contribution in [1.29, 1.82) is 0 Å². The molecule has 1 nitrogen and oxygen atoms in total. The maximum Gasteiger partial charge on any atom is 0.571 e. The Morgan fingerprint density at radius 2 is 1.80 bits per heavy atom. The standard InChI is InChI=1S/C9H7F4O.Y/c1-5-3-4-7(10)8(6(5)2)14-9(11,12)13;/h4H,1-2H3;/q-1;. The average Bonchev–Trinajstić information content (AvgIpc) is 2.04. The zero-order valence-corrected chi connectivity index (χ0v) is 10.9. The van der Waals surface area contributed by atoms with Gasteiger partial charge in [-0.05, 0) is 0 Å². The molecule has 0 unspecified atom stereocenters. The summed E-state index contributed by atoms with van der Waals surface area (Å²) in [6.07, 6.45) is -4.88. The molecule has 0 N–H and O–H groups in total. The largest absolute Gasteiger partial charge is 0.571 e. The van der Waals surface area contributed by atoms with E-state index in [0.717, 1.165) is 6.07 Å². The van der Waals surface area contributed by atoms with Crippen LogP contribution in [-0.2, 0) is 32.7 Å². The Balaban J connectivity index is 0.00000196. The van der Waals surface area contributed by atoms with E-state index in [1.807, 2.05) is 0 Å². The van der Waals surface area contributed by atoms with Crippen molar-refractivity contribution in [2.24, 2.45) is 0 Å². The van der Waals surface area contributed by atoms with Gasteiger partial charge in [0.25, 0.3) is 0 Å². The normalized spacial score (nSPS) is 10.8. The number of rotatable bonds is 1. The molecule has 0 aliphatic heterocycles. The minimum absolute atomic E-state index is 0. The molecule has 0 saturated heterocycles. The van der Waals surface area contributed by atoms with E-state index in [1.165, 1.54) is 13.8 Å². The molecule has 0 aliphatic rings. The molecule has 1 aromatic carbocycles. The first-order valence-corrected chi connectivity index (χ1v) is 3.74. The van der Waals surface area contributed by atoms with Gasteiger partial charge in [0.2, 0.25) is 0 Å². The van der Waals surface area contributed by atoms with E-state index in [2.05, 4.69) is 10.8 Å². The van der Waals surface area contributed by atoms with Gasteiger partial charge < -0.3 is 4.74 Å². The quantitative estimate of drug-likeness (QED) is 0.571. The topological polar surface area (TPSA) is 9.23 Å². The molecule has 0 heterocycles. The van der Waals surface area contributed by atoms with Crippen molar-refractivity contribution in [2.75, 3.05) is 0 Å². The predicted octanol–water partition coefficient (Wildman–Crippen LogP) is 3.14. The number of benzene rings is 1. The summed E-state index contributed by atoms with van der Waals surface area (Å²) in [5.74, 6) is -1.85. The van der Waals surface area contributed by atoms with E-state index < -0.39 is 17.9 Å². The molecular formula is C9H7F4OY-. The molecule has 0 saturated carbocycles. The van der Waals surface area contributed by atoms with Crippen LogP contribution >= 0.6 is 0 Å². The fraction of sp³-hybridized carbons (Fsp3) is 0.333. The molecule has 15 heavy (non-hydrogen) atoms. The van der Waals surface area contributed by atoms with E-state index in [-0.39, 0.29) is 38.3 Å². The van der Waals surface area contributed by atoms with Crippen molar-refractivity contribution in [3.63, 3.8) is 0 Å². The van der Waals surface area contributed by atoms with Gasteiger partial charge in [-0.25, -0.2) is 0 Å². The molecule has 0 bridgehead atoms. The van der Waals surface area contributed by atoms with E-state index >= 15 is 0 Å². The second-order valence-electron chi connectivity index (χ2n) is 2.76. The summed E-state index contributed by atoms with van der Waals surface area (Å²) in [5, 5.41) is 0. The molecular weight excluding hydrogens is 289 g/mol. The second kappa shape index (κ2) is 5.26. The first-order chi connectivity index (χ1) is 6.31. The molecule has 0 aliphatic carbocycles. The summed E-state index contributed by atoms with van der Waals surface area (Å²) in [6.45, 7) is 2.87. The molecule has 0 amide bonds. The van der Waals surface area contributed by atoms with Crippen LogP contribution < -0.4 is 4.74 Å². The number of ether oxygens (including phenoxy) is 1. The van der Waals surface area contributed by atoms with Crippen LogP contribution in [0.2, 0.25) is 0 Å². The van der Waals surface area contributed by atoms with Gasteiger partial charge in [0.1, 0.15) is 0 Å². The summed E-state index contributed by atoms with van der Waals surface area (Å²) in [6, 6.07) is 3.29. The Bertz CT molecular complexity index is 349. The Morgan fingerprint density at radius 3 is 2.27 bits per heavy atom. The fourth-order valence-electron chi connectivity index (χ4n) is 0.936. The van der Waals surface area contributed by atoms with E-state index in [9.17, 15) is 17.6 Å². The Labute approximate surface area is 110 Å². The van der Waals surface area contributed by atoms with Gasteiger partial charge in [0.15, 0.2) is 0 Å². The average molecular weight is 296 g/mol. The van der Waals surface area contributed by atoms with E-state index in [0.29, 0.717) is 5.56 Å². The molecule has 81 valence electrons. The van der Waals surface area contributed by atoms with E-state index in [1.54, 1.807) is 0 Å². The summed E-state index contributed by atoms with van der Waals surface area (Å²) in [4.78, 5) is 0. The van der Waals surface area contributed by atoms with Crippen LogP contribution in [0.25, 0.3) is 0 Å². The van der Waals surface area contributed by atoms with Crippen LogP contribution in [0.4, 0.5) is 17.6 Å². The third-order valence-corrected chi connectivity index (χ3v) is 1.75. The maximum atomic E-state index is 12.9. The van der Waals surface area contributed by atoms with Gasteiger partial charge in [-0.1, -0.05) is 13.8 Å². The third-order valence-electron chi connectivity index (χ3n) is 1.75. The van der Waals surface area contributed by atoms with Crippen LogP contribution in [0, 0.1) is 25.7 Å². The zero-order valence-electron chi connectivity index (χ0n) is 8.07. The minimum atomic E-state index is -4.88. The summed E-state index contributed by atoms with van der Waals surface area (Å²) in [5.41, 5.74) is 0.521. The first kappa shape index (κ1) is 14.8. The molecule has 1 rings (SSSR count). The number of halogens is 4. The van der Waals surface area contributed by atoms with Gasteiger partial charge in [-0.3, -0.25) is 4.39 Å². The van der Waals surface area contributed by atoms with Gasteiger partial charge in [-0.2, -0.15) is 11.6 Å². The Morgan fingerprint density at radius 1 is 1.27 bits per heavy atom. The van der Waals surface area contributed by atoms with Crippen molar-refractivity contribution in [2.45, 2.75) is 20.2 Å². The van der Waals surface area contributed by atoms with Crippen molar-refractivity contribution in [3.05, 3.63) is 29.1 Å². The van der Waals surface area contributed by atoms with Gasteiger partial charge in [-0.15, -0.1) is 24.8 Å². The molecule has 6 heteroatoms.